The second-order valence-electron chi connectivity index (χ2n) is 5.64. The molecule has 1 fully saturated rings. The lowest BCUT2D eigenvalue weighted by Gasteiger charge is -2.34. The molecule has 1 saturated heterocycles. The molecule has 0 saturated carbocycles. The fraction of sp³-hybridized carbons (Fsp3) is 0.667. The van der Waals surface area contributed by atoms with Gasteiger partial charge in [0, 0.05) is 20.1 Å². The Bertz CT molecular complexity index is 437. The first kappa shape index (κ1) is 13.5. The van der Waals surface area contributed by atoms with Gasteiger partial charge in [0.25, 0.3) is 0 Å². The molecule has 0 aliphatic carbocycles. The Morgan fingerprint density at radius 2 is 2.15 bits per heavy atom. The third-order valence-electron chi connectivity index (χ3n) is 4.22. The number of guanidine groups is 1. The maximum absolute atomic E-state index is 5.66. The van der Waals surface area contributed by atoms with Gasteiger partial charge in [-0.1, -0.05) is 6.42 Å². The van der Waals surface area contributed by atoms with Gasteiger partial charge >= 0.3 is 0 Å². The van der Waals surface area contributed by atoms with E-state index < -0.39 is 0 Å². The zero-order valence-electron chi connectivity index (χ0n) is 12.2. The number of nitrogens with zero attached hydrogens (tertiary/aromatic N) is 3. The molecule has 0 radical (unpaired) electrons. The van der Waals surface area contributed by atoms with Gasteiger partial charge in [-0.3, -0.25) is 9.89 Å². The molecule has 5 heteroatoms. The first-order chi connectivity index (χ1) is 9.84. The maximum atomic E-state index is 5.66. The standard InChI is InChI=1S/C15H24N4O/c1-18-10-7-16-15(18)17-12-13(14-6-5-11-20-14)19-8-3-2-4-9-19/h5-6,11,13H,2-4,7-10,12H2,1H3,(H,16,17). The fourth-order valence-electron chi connectivity index (χ4n) is 3.03. The van der Waals surface area contributed by atoms with E-state index in [1.807, 2.05) is 6.07 Å². The van der Waals surface area contributed by atoms with Crippen molar-refractivity contribution in [1.82, 2.24) is 15.1 Å². The minimum Gasteiger partial charge on any atom is -0.468 e. The third-order valence-corrected chi connectivity index (χ3v) is 4.22. The van der Waals surface area contributed by atoms with Gasteiger partial charge in [0.15, 0.2) is 5.96 Å². The van der Waals surface area contributed by atoms with Crippen LogP contribution in [-0.4, -0.2) is 55.5 Å². The molecule has 0 bridgehead atoms. The highest BCUT2D eigenvalue weighted by Crippen LogP contribution is 2.24. The Morgan fingerprint density at radius 3 is 2.80 bits per heavy atom. The average Bonchev–Trinajstić information content (AvgIpc) is 3.13. The number of hydrogen-bond acceptors (Lipinski definition) is 5. The lowest BCUT2D eigenvalue weighted by molar-refractivity contribution is 0.146. The Morgan fingerprint density at radius 1 is 1.30 bits per heavy atom. The molecule has 2 aliphatic heterocycles. The van der Waals surface area contributed by atoms with E-state index in [0.29, 0.717) is 6.04 Å². The van der Waals surface area contributed by atoms with Crippen molar-refractivity contribution in [3.05, 3.63) is 24.2 Å². The summed E-state index contributed by atoms with van der Waals surface area (Å²) in [5.41, 5.74) is 0. The molecule has 110 valence electrons. The second-order valence-corrected chi connectivity index (χ2v) is 5.64. The van der Waals surface area contributed by atoms with Crippen molar-refractivity contribution in [2.45, 2.75) is 25.3 Å². The molecule has 5 nitrogen and oxygen atoms in total. The molecule has 1 N–H and O–H groups in total. The molecule has 1 aromatic rings. The lowest BCUT2D eigenvalue weighted by atomic mass is 10.1. The van der Waals surface area contributed by atoms with Crippen LogP contribution in [0.5, 0.6) is 0 Å². The highest BCUT2D eigenvalue weighted by Gasteiger charge is 2.25. The SMILES string of the molecule is CN1CCN=C1NCC(c1ccco1)N1CCCCC1. The molecule has 0 spiro atoms. The summed E-state index contributed by atoms with van der Waals surface area (Å²) >= 11 is 0. The van der Waals surface area contributed by atoms with Crippen LogP contribution in [0, 0.1) is 0 Å². The molecule has 1 unspecified atom stereocenters. The van der Waals surface area contributed by atoms with Crippen molar-refractivity contribution in [3.63, 3.8) is 0 Å². The van der Waals surface area contributed by atoms with E-state index in [1.165, 1.54) is 19.3 Å². The van der Waals surface area contributed by atoms with Gasteiger partial charge in [0.1, 0.15) is 5.76 Å². The molecule has 3 heterocycles. The first-order valence-electron chi connectivity index (χ1n) is 7.61. The summed E-state index contributed by atoms with van der Waals surface area (Å²) in [6.45, 7) is 5.09. The van der Waals surface area contributed by atoms with Crippen molar-refractivity contribution >= 4 is 5.96 Å². The Hall–Kier alpha value is -1.49. The van der Waals surface area contributed by atoms with Gasteiger partial charge in [-0.25, -0.2) is 0 Å². The second kappa shape index (κ2) is 6.31. The van der Waals surface area contributed by atoms with E-state index in [4.69, 9.17) is 4.42 Å². The minimum atomic E-state index is 0.307. The van der Waals surface area contributed by atoms with Crippen molar-refractivity contribution < 1.29 is 4.42 Å². The van der Waals surface area contributed by atoms with Crippen molar-refractivity contribution in [1.29, 1.82) is 0 Å². The van der Waals surface area contributed by atoms with Crippen LogP contribution in [0.25, 0.3) is 0 Å². The van der Waals surface area contributed by atoms with E-state index in [2.05, 4.69) is 33.2 Å². The monoisotopic (exact) mass is 276 g/mol. The molecule has 0 aromatic carbocycles. The third kappa shape index (κ3) is 2.98. The molecule has 1 aromatic heterocycles. The molecule has 3 rings (SSSR count). The van der Waals surface area contributed by atoms with Crippen LogP contribution in [-0.2, 0) is 0 Å². The summed E-state index contributed by atoms with van der Waals surface area (Å²) in [6, 6.07) is 4.37. The van der Waals surface area contributed by atoms with Gasteiger partial charge in [0.2, 0.25) is 0 Å². The van der Waals surface area contributed by atoms with Gasteiger partial charge in [-0.2, -0.15) is 0 Å². The summed E-state index contributed by atoms with van der Waals surface area (Å²) in [5, 5.41) is 3.49. The molecule has 0 amide bonds. The zero-order chi connectivity index (χ0) is 13.8. The minimum absolute atomic E-state index is 0.307. The van der Waals surface area contributed by atoms with Crippen LogP contribution in [0.4, 0.5) is 0 Å². The molecular formula is C15H24N4O. The van der Waals surface area contributed by atoms with Gasteiger partial charge < -0.3 is 14.6 Å². The van der Waals surface area contributed by atoms with E-state index >= 15 is 0 Å². The van der Waals surface area contributed by atoms with E-state index in [-0.39, 0.29) is 0 Å². The quantitative estimate of drug-likeness (QED) is 0.909. The smallest absolute Gasteiger partial charge is 0.193 e. The van der Waals surface area contributed by atoms with Crippen molar-refractivity contribution in [3.8, 4) is 0 Å². The van der Waals surface area contributed by atoms with Crippen LogP contribution in [0.3, 0.4) is 0 Å². The number of nitrogens with one attached hydrogen (secondary N) is 1. The number of hydrogen-bond donors (Lipinski definition) is 1. The molecule has 20 heavy (non-hydrogen) atoms. The summed E-state index contributed by atoms with van der Waals surface area (Å²) in [4.78, 5) is 9.21. The van der Waals surface area contributed by atoms with Gasteiger partial charge in [-0.15, -0.1) is 0 Å². The Labute approximate surface area is 120 Å². The lowest BCUT2D eigenvalue weighted by Crippen LogP contribution is -2.43. The summed E-state index contributed by atoms with van der Waals surface area (Å²) in [6.07, 6.45) is 5.70. The van der Waals surface area contributed by atoms with Crippen LogP contribution in [0.15, 0.2) is 27.8 Å². The van der Waals surface area contributed by atoms with Crippen LogP contribution in [0.1, 0.15) is 31.1 Å². The number of likely N-dealkylation sites (tertiary alicyclic amines) is 1. The van der Waals surface area contributed by atoms with Crippen molar-refractivity contribution in [2.24, 2.45) is 4.99 Å². The summed E-state index contributed by atoms with van der Waals surface area (Å²) in [5.74, 6) is 2.07. The highest BCUT2D eigenvalue weighted by atomic mass is 16.3. The Kier molecular flexibility index (Phi) is 4.25. The maximum Gasteiger partial charge on any atom is 0.193 e. The number of piperidine rings is 1. The van der Waals surface area contributed by atoms with Crippen LogP contribution in [0.2, 0.25) is 0 Å². The Balaban J connectivity index is 1.66. The topological polar surface area (TPSA) is 44.0 Å². The molecule has 1 atom stereocenters. The van der Waals surface area contributed by atoms with Crippen LogP contribution >= 0.6 is 0 Å². The first-order valence-corrected chi connectivity index (χ1v) is 7.61. The van der Waals surface area contributed by atoms with Crippen LogP contribution < -0.4 is 5.32 Å². The fourth-order valence-corrected chi connectivity index (χ4v) is 3.03. The number of furan rings is 1. The summed E-state index contributed by atoms with van der Waals surface area (Å²) in [7, 11) is 2.08. The predicted octanol–water partition coefficient (Wildman–Crippen LogP) is 1.70. The molecule has 2 aliphatic rings. The zero-order valence-corrected chi connectivity index (χ0v) is 12.2. The molecular weight excluding hydrogens is 252 g/mol. The largest absolute Gasteiger partial charge is 0.468 e. The van der Waals surface area contributed by atoms with Crippen molar-refractivity contribution in [2.75, 3.05) is 39.8 Å². The number of rotatable bonds is 4. The van der Waals surface area contributed by atoms with E-state index in [1.54, 1.807) is 6.26 Å². The highest BCUT2D eigenvalue weighted by molar-refractivity contribution is 5.81. The van der Waals surface area contributed by atoms with Gasteiger partial charge in [0.05, 0.1) is 18.8 Å². The normalized spacial score (nSPS) is 21.9. The van der Waals surface area contributed by atoms with E-state index in [0.717, 1.165) is 44.4 Å². The predicted molar refractivity (Wildman–Crippen MR) is 79.8 cm³/mol. The van der Waals surface area contributed by atoms with Gasteiger partial charge in [-0.05, 0) is 38.1 Å². The number of likely N-dealkylation sites (N-methyl/N-ethyl adjacent to an activating group) is 1. The number of aliphatic imine (C=N–C) groups is 1. The van der Waals surface area contributed by atoms with E-state index in [9.17, 15) is 0 Å². The summed E-state index contributed by atoms with van der Waals surface area (Å²) < 4.78 is 5.66. The average molecular weight is 276 g/mol.